The highest BCUT2D eigenvalue weighted by Crippen LogP contribution is 2.15. The summed E-state index contributed by atoms with van der Waals surface area (Å²) in [6.45, 7) is 8.39. The van der Waals surface area contributed by atoms with Crippen LogP contribution in [0.5, 0.6) is 0 Å². The largest absolute Gasteiger partial charge is 0.337 e. The zero-order valence-corrected chi connectivity index (χ0v) is 14.7. The third-order valence-corrected chi connectivity index (χ3v) is 3.53. The summed E-state index contributed by atoms with van der Waals surface area (Å²) < 4.78 is 5.08. The first-order chi connectivity index (χ1) is 11.2. The van der Waals surface area contributed by atoms with Crippen LogP contribution in [0.15, 0.2) is 4.52 Å². The van der Waals surface area contributed by atoms with Crippen molar-refractivity contribution in [2.45, 2.75) is 59.5 Å². The monoisotopic (exact) mass is 332 g/mol. The Hall–Kier alpha value is -2.36. The molecule has 1 aliphatic heterocycles. The van der Waals surface area contributed by atoms with Gasteiger partial charge in [0.05, 0.1) is 0 Å². The molecular weight excluding hydrogens is 308 g/mol. The fourth-order valence-corrected chi connectivity index (χ4v) is 2.40. The predicted molar refractivity (Wildman–Crippen MR) is 87.5 cm³/mol. The lowest BCUT2D eigenvalue weighted by Gasteiger charge is -2.22. The number of carbonyl (C=O) groups excluding carboxylic acids is 2. The van der Waals surface area contributed by atoms with Gasteiger partial charge in [-0.25, -0.2) is 0 Å². The molecule has 1 unspecified atom stereocenters. The zero-order valence-electron chi connectivity index (χ0n) is 14.7. The van der Waals surface area contributed by atoms with Crippen LogP contribution in [0, 0.1) is 24.2 Å². The quantitative estimate of drug-likeness (QED) is 0.846. The van der Waals surface area contributed by atoms with Crippen LogP contribution < -0.4 is 5.32 Å². The van der Waals surface area contributed by atoms with Crippen LogP contribution in [-0.2, 0) is 16.1 Å². The van der Waals surface area contributed by atoms with Crippen molar-refractivity contribution in [1.29, 1.82) is 0 Å². The molecule has 7 heteroatoms. The number of carbonyl (C=O) groups is 2. The normalized spacial score (nSPS) is 18.6. The molecule has 0 radical (unpaired) electrons. The number of aromatic nitrogens is 2. The molecule has 1 fully saturated rings. The molecule has 2 rings (SSSR count). The van der Waals surface area contributed by atoms with Gasteiger partial charge in [0.1, 0.15) is 12.6 Å². The van der Waals surface area contributed by atoms with Gasteiger partial charge in [0.2, 0.25) is 11.8 Å². The molecule has 1 saturated heterocycles. The van der Waals surface area contributed by atoms with Crippen LogP contribution in [0.2, 0.25) is 0 Å². The maximum atomic E-state index is 12.7. The molecule has 1 aliphatic rings. The van der Waals surface area contributed by atoms with E-state index in [-0.39, 0.29) is 17.9 Å². The summed E-state index contributed by atoms with van der Waals surface area (Å²) in [6.07, 6.45) is 2.35. The second-order valence-electron chi connectivity index (χ2n) is 7.02. The lowest BCUT2D eigenvalue weighted by Crippen LogP contribution is -2.47. The predicted octanol–water partition coefficient (Wildman–Crippen LogP) is 1.42. The van der Waals surface area contributed by atoms with Gasteiger partial charge in [-0.3, -0.25) is 9.59 Å². The minimum atomic E-state index is -0.557. The van der Waals surface area contributed by atoms with Crippen LogP contribution in [-0.4, -0.2) is 39.4 Å². The van der Waals surface area contributed by atoms with E-state index in [1.165, 1.54) is 0 Å². The van der Waals surface area contributed by atoms with Crippen molar-refractivity contribution < 1.29 is 14.1 Å². The van der Waals surface area contributed by atoms with Crippen molar-refractivity contribution in [3.8, 4) is 11.8 Å². The number of amides is 2. The van der Waals surface area contributed by atoms with E-state index in [4.69, 9.17) is 4.52 Å². The smallest absolute Gasteiger partial charge is 0.296 e. The fourth-order valence-electron chi connectivity index (χ4n) is 2.40. The average molecular weight is 332 g/mol. The van der Waals surface area contributed by atoms with Crippen molar-refractivity contribution in [1.82, 2.24) is 20.4 Å². The van der Waals surface area contributed by atoms with Crippen molar-refractivity contribution in [2.24, 2.45) is 5.41 Å². The standard InChI is InChI=1S/C17H24N4O3/c1-12-18-15(24-20-12)11-21-10-6-5-7-13(16(21)23)19-14(22)8-9-17(2,3)4/h13H,5-7,10-11H2,1-4H3,(H,19,22). The van der Waals surface area contributed by atoms with E-state index in [9.17, 15) is 9.59 Å². The fraction of sp³-hybridized carbons (Fsp3) is 0.647. The van der Waals surface area contributed by atoms with Crippen LogP contribution in [0.25, 0.3) is 0 Å². The molecule has 0 bridgehead atoms. The zero-order chi connectivity index (χ0) is 17.7. The third-order valence-electron chi connectivity index (χ3n) is 3.53. The van der Waals surface area contributed by atoms with Crippen molar-refractivity contribution in [3.63, 3.8) is 0 Å². The molecule has 0 aromatic carbocycles. The van der Waals surface area contributed by atoms with E-state index in [1.807, 2.05) is 20.8 Å². The van der Waals surface area contributed by atoms with Gasteiger partial charge in [-0.2, -0.15) is 4.98 Å². The molecule has 1 aromatic rings. The highest BCUT2D eigenvalue weighted by molar-refractivity contribution is 5.97. The van der Waals surface area contributed by atoms with Gasteiger partial charge < -0.3 is 14.7 Å². The summed E-state index contributed by atoms with van der Waals surface area (Å²) in [6, 6.07) is -0.557. The lowest BCUT2D eigenvalue weighted by atomic mass is 9.98. The molecule has 1 atom stereocenters. The molecular formula is C17H24N4O3. The topological polar surface area (TPSA) is 88.3 Å². The summed E-state index contributed by atoms with van der Waals surface area (Å²) in [5.41, 5.74) is -0.257. The Kier molecular flexibility index (Phi) is 5.60. The van der Waals surface area contributed by atoms with Gasteiger partial charge in [-0.15, -0.1) is 0 Å². The van der Waals surface area contributed by atoms with Gasteiger partial charge in [-0.1, -0.05) is 11.1 Å². The summed E-state index contributed by atoms with van der Waals surface area (Å²) >= 11 is 0. The Labute approximate surface area is 142 Å². The highest BCUT2D eigenvalue weighted by atomic mass is 16.5. The summed E-state index contributed by atoms with van der Waals surface area (Å²) in [4.78, 5) is 30.4. The maximum Gasteiger partial charge on any atom is 0.296 e. The number of rotatable bonds is 3. The number of hydrogen-bond acceptors (Lipinski definition) is 5. The molecule has 24 heavy (non-hydrogen) atoms. The van der Waals surface area contributed by atoms with E-state index in [2.05, 4.69) is 27.3 Å². The van der Waals surface area contributed by atoms with Crippen LogP contribution in [0.3, 0.4) is 0 Å². The Balaban J connectivity index is 2.02. The molecule has 0 spiro atoms. The lowest BCUT2D eigenvalue weighted by molar-refractivity contribution is -0.135. The van der Waals surface area contributed by atoms with Crippen LogP contribution in [0.1, 0.15) is 51.7 Å². The number of nitrogens with one attached hydrogen (secondary N) is 1. The number of hydrogen-bond donors (Lipinski definition) is 1. The van der Waals surface area contributed by atoms with E-state index in [0.29, 0.717) is 24.7 Å². The molecule has 0 saturated carbocycles. The van der Waals surface area contributed by atoms with Crippen molar-refractivity contribution in [2.75, 3.05) is 6.54 Å². The Morgan fingerprint density at radius 3 is 2.79 bits per heavy atom. The first kappa shape index (κ1) is 18.0. The molecule has 7 nitrogen and oxygen atoms in total. The number of nitrogens with zero attached hydrogens (tertiary/aromatic N) is 3. The molecule has 2 amide bonds. The number of aryl methyl sites for hydroxylation is 1. The third kappa shape index (κ3) is 5.37. The summed E-state index contributed by atoms with van der Waals surface area (Å²) in [7, 11) is 0. The van der Waals surface area contributed by atoms with E-state index in [1.54, 1.807) is 11.8 Å². The Morgan fingerprint density at radius 2 is 2.17 bits per heavy atom. The van der Waals surface area contributed by atoms with Crippen LogP contribution >= 0.6 is 0 Å². The van der Waals surface area contributed by atoms with Crippen molar-refractivity contribution in [3.05, 3.63) is 11.7 Å². The van der Waals surface area contributed by atoms with Gasteiger partial charge >= 0.3 is 0 Å². The second kappa shape index (κ2) is 7.47. The van der Waals surface area contributed by atoms with Crippen molar-refractivity contribution >= 4 is 11.8 Å². The molecule has 0 aliphatic carbocycles. The van der Waals surface area contributed by atoms with Crippen LogP contribution in [0.4, 0.5) is 0 Å². The van der Waals surface area contributed by atoms with E-state index < -0.39 is 11.9 Å². The maximum absolute atomic E-state index is 12.7. The summed E-state index contributed by atoms with van der Waals surface area (Å²) in [5.74, 6) is 5.83. The average Bonchev–Trinajstić information content (AvgIpc) is 2.83. The highest BCUT2D eigenvalue weighted by Gasteiger charge is 2.29. The number of likely N-dealkylation sites (tertiary alicyclic amines) is 1. The van der Waals surface area contributed by atoms with E-state index >= 15 is 0 Å². The molecule has 130 valence electrons. The van der Waals surface area contributed by atoms with Gasteiger partial charge in [0.15, 0.2) is 5.82 Å². The molecule has 2 heterocycles. The SMILES string of the molecule is Cc1noc(CN2CCCCC(NC(=O)C#CC(C)(C)C)C2=O)n1. The van der Waals surface area contributed by atoms with Gasteiger partial charge in [0, 0.05) is 12.0 Å². The Morgan fingerprint density at radius 1 is 1.42 bits per heavy atom. The van der Waals surface area contributed by atoms with Gasteiger partial charge in [0.25, 0.3) is 5.91 Å². The summed E-state index contributed by atoms with van der Waals surface area (Å²) in [5, 5.41) is 6.47. The Bertz CT molecular complexity index is 663. The minimum absolute atomic E-state index is 0.130. The first-order valence-corrected chi connectivity index (χ1v) is 8.16. The first-order valence-electron chi connectivity index (χ1n) is 8.16. The van der Waals surface area contributed by atoms with Gasteiger partial charge in [-0.05, 0) is 52.9 Å². The molecule has 1 N–H and O–H groups in total. The molecule has 1 aromatic heterocycles. The van der Waals surface area contributed by atoms with E-state index in [0.717, 1.165) is 12.8 Å². The second-order valence-corrected chi connectivity index (χ2v) is 7.02. The minimum Gasteiger partial charge on any atom is -0.337 e.